The number of hydrogen-bond donors (Lipinski definition) is 1. The third-order valence-electron chi connectivity index (χ3n) is 2.99. The van der Waals surface area contributed by atoms with E-state index in [1.54, 1.807) is 6.20 Å². The molecule has 1 amide bonds. The number of nitrogens with zero attached hydrogens (tertiary/aromatic N) is 2. The van der Waals surface area contributed by atoms with E-state index in [2.05, 4.69) is 4.98 Å². The van der Waals surface area contributed by atoms with Crippen LogP contribution in [0.2, 0.25) is 0 Å². The predicted octanol–water partition coefficient (Wildman–Crippen LogP) is 0.431. The molecule has 1 aliphatic heterocycles. The first-order chi connectivity index (χ1) is 7.79. The maximum Gasteiger partial charge on any atom is 0.222 e. The van der Waals surface area contributed by atoms with E-state index in [1.807, 2.05) is 23.1 Å². The maximum atomic E-state index is 11.6. The second-order valence-electron chi connectivity index (χ2n) is 4.22. The molecule has 2 heterocycles. The number of aromatic nitrogens is 1. The molecule has 0 saturated carbocycles. The zero-order chi connectivity index (χ0) is 11.4. The van der Waals surface area contributed by atoms with Crippen LogP contribution < -0.4 is 5.73 Å². The van der Waals surface area contributed by atoms with Crippen LogP contribution >= 0.6 is 0 Å². The lowest BCUT2D eigenvalue weighted by molar-refractivity contribution is -0.127. The molecule has 0 radical (unpaired) electrons. The summed E-state index contributed by atoms with van der Waals surface area (Å²) >= 11 is 0. The highest BCUT2D eigenvalue weighted by atomic mass is 16.2. The molecular formula is C12H17N3O. The van der Waals surface area contributed by atoms with E-state index in [1.165, 1.54) is 0 Å². The summed E-state index contributed by atoms with van der Waals surface area (Å²) in [6.45, 7) is 2.17. The standard InChI is InChI=1S/C12H17N3O/c13-8-10-7-12(16)15(9-10)6-4-11-3-1-2-5-14-11/h1-3,5,10H,4,6-9,13H2. The monoisotopic (exact) mass is 219 g/mol. The lowest BCUT2D eigenvalue weighted by Crippen LogP contribution is -2.28. The van der Waals surface area contributed by atoms with Gasteiger partial charge in [0.1, 0.15) is 0 Å². The number of rotatable bonds is 4. The third kappa shape index (κ3) is 2.58. The van der Waals surface area contributed by atoms with Crippen molar-refractivity contribution in [2.45, 2.75) is 12.8 Å². The Morgan fingerprint density at radius 3 is 3.00 bits per heavy atom. The topological polar surface area (TPSA) is 59.2 Å². The van der Waals surface area contributed by atoms with Crippen molar-refractivity contribution in [2.75, 3.05) is 19.6 Å². The molecule has 1 aromatic heterocycles. The van der Waals surface area contributed by atoms with E-state index in [0.717, 1.165) is 25.2 Å². The molecule has 16 heavy (non-hydrogen) atoms. The first-order valence-electron chi connectivity index (χ1n) is 5.67. The lowest BCUT2D eigenvalue weighted by Gasteiger charge is -2.15. The largest absolute Gasteiger partial charge is 0.342 e. The molecule has 1 fully saturated rings. The van der Waals surface area contributed by atoms with E-state index >= 15 is 0 Å². The molecule has 4 nitrogen and oxygen atoms in total. The highest BCUT2D eigenvalue weighted by Gasteiger charge is 2.27. The highest BCUT2D eigenvalue weighted by Crippen LogP contribution is 2.16. The second kappa shape index (κ2) is 5.07. The van der Waals surface area contributed by atoms with Crippen LogP contribution in [0, 0.1) is 5.92 Å². The number of carbonyl (C=O) groups is 1. The summed E-state index contributed by atoms with van der Waals surface area (Å²) in [5, 5.41) is 0. The van der Waals surface area contributed by atoms with Gasteiger partial charge >= 0.3 is 0 Å². The van der Waals surface area contributed by atoms with Gasteiger partial charge in [0.05, 0.1) is 0 Å². The molecule has 0 spiro atoms. The SMILES string of the molecule is NCC1CC(=O)N(CCc2ccccn2)C1. The van der Waals surface area contributed by atoms with Crippen molar-refractivity contribution in [2.24, 2.45) is 11.7 Å². The number of amides is 1. The summed E-state index contributed by atoms with van der Waals surface area (Å²) in [6, 6.07) is 5.85. The van der Waals surface area contributed by atoms with Gasteiger partial charge in [0.25, 0.3) is 0 Å². The normalized spacial score (nSPS) is 20.4. The molecular weight excluding hydrogens is 202 g/mol. The molecule has 2 rings (SSSR count). The van der Waals surface area contributed by atoms with Crippen molar-refractivity contribution < 1.29 is 4.79 Å². The van der Waals surface area contributed by atoms with Crippen LogP contribution in [0.25, 0.3) is 0 Å². The number of nitrogens with two attached hydrogens (primary N) is 1. The van der Waals surface area contributed by atoms with Crippen LogP contribution in [0.5, 0.6) is 0 Å². The molecule has 1 aromatic rings. The minimum atomic E-state index is 0.228. The quantitative estimate of drug-likeness (QED) is 0.799. The predicted molar refractivity (Wildman–Crippen MR) is 61.7 cm³/mol. The van der Waals surface area contributed by atoms with Crippen LogP contribution in [0.3, 0.4) is 0 Å². The maximum absolute atomic E-state index is 11.6. The summed E-state index contributed by atoms with van der Waals surface area (Å²) in [5.41, 5.74) is 6.61. The summed E-state index contributed by atoms with van der Waals surface area (Å²) < 4.78 is 0. The highest BCUT2D eigenvalue weighted by molar-refractivity contribution is 5.78. The first-order valence-corrected chi connectivity index (χ1v) is 5.67. The average molecular weight is 219 g/mol. The van der Waals surface area contributed by atoms with E-state index in [-0.39, 0.29) is 5.91 Å². The van der Waals surface area contributed by atoms with Crippen LogP contribution in [0.15, 0.2) is 24.4 Å². The lowest BCUT2D eigenvalue weighted by atomic mass is 10.1. The Bertz CT molecular complexity index is 353. The second-order valence-corrected chi connectivity index (χ2v) is 4.22. The van der Waals surface area contributed by atoms with Gasteiger partial charge in [-0.1, -0.05) is 6.07 Å². The fourth-order valence-electron chi connectivity index (χ4n) is 2.02. The van der Waals surface area contributed by atoms with E-state index < -0.39 is 0 Å². The van der Waals surface area contributed by atoms with Gasteiger partial charge in [-0.05, 0) is 24.6 Å². The van der Waals surface area contributed by atoms with Crippen molar-refractivity contribution in [3.8, 4) is 0 Å². The van der Waals surface area contributed by atoms with Crippen LogP contribution in [0.1, 0.15) is 12.1 Å². The molecule has 0 bridgehead atoms. The number of carbonyl (C=O) groups excluding carboxylic acids is 1. The molecule has 2 N–H and O–H groups in total. The van der Waals surface area contributed by atoms with Crippen molar-refractivity contribution in [3.63, 3.8) is 0 Å². The zero-order valence-corrected chi connectivity index (χ0v) is 9.30. The van der Waals surface area contributed by atoms with Crippen LogP contribution in [-0.2, 0) is 11.2 Å². The summed E-state index contributed by atoms with van der Waals surface area (Å²) in [5.74, 6) is 0.572. The molecule has 1 atom stereocenters. The van der Waals surface area contributed by atoms with Crippen molar-refractivity contribution in [3.05, 3.63) is 30.1 Å². The Morgan fingerprint density at radius 2 is 2.38 bits per heavy atom. The van der Waals surface area contributed by atoms with Gasteiger partial charge in [-0.25, -0.2) is 0 Å². The average Bonchev–Trinajstić information content (AvgIpc) is 2.69. The van der Waals surface area contributed by atoms with Gasteiger partial charge in [0.15, 0.2) is 0 Å². The van der Waals surface area contributed by atoms with E-state index in [4.69, 9.17) is 5.73 Å². The molecule has 4 heteroatoms. The Labute approximate surface area is 95.5 Å². The molecule has 86 valence electrons. The Morgan fingerprint density at radius 1 is 1.50 bits per heavy atom. The molecule has 1 saturated heterocycles. The number of likely N-dealkylation sites (tertiary alicyclic amines) is 1. The minimum Gasteiger partial charge on any atom is -0.342 e. The molecule has 1 aliphatic rings. The van der Waals surface area contributed by atoms with Gasteiger partial charge in [-0.3, -0.25) is 9.78 Å². The summed E-state index contributed by atoms with van der Waals surface area (Å²) in [4.78, 5) is 17.8. The van der Waals surface area contributed by atoms with Crippen molar-refractivity contribution in [1.82, 2.24) is 9.88 Å². The van der Waals surface area contributed by atoms with E-state index in [0.29, 0.717) is 18.9 Å². The van der Waals surface area contributed by atoms with E-state index in [9.17, 15) is 4.79 Å². The van der Waals surface area contributed by atoms with Crippen molar-refractivity contribution >= 4 is 5.91 Å². The zero-order valence-electron chi connectivity index (χ0n) is 9.30. The van der Waals surface area contributed by atoms with Gasteiger partial charge in [-0.15, -0.1) is 0 Å². The van der Waals surface area contributed by atoms with Gasteiger partial charge < -0.3 is 10.6 Å². The summed E-state index contributed by atoms with van der Waals surface area (Å²) in [6.07, 6.45) is 3.21. The molecule has 1 unspecified atom stereocenters. The Hall–Kier alpha value is -1.42. The Kier molecular flexibility index (Phi) is 3.51. The molecule has 0 aromatic carbocycles. The number of hydrogen-bond acceptors (Lipinski definition) is 3. The first kappa shape index (κ1) is 11.1. The number of pyridine rings is 1. The van der Waals surface area contributed by atoms with Gasteiger partial charge in [0, 0.05) is 37.8 Å². The Balaban J connectivity index is 1.85. The van der Waals surface area contributed by atoms with Gasteiger partial charge in [-0.2, -0.15) is 0 Å². The van der Waals surface area contributed by atoms with Crippen LogP contribution in [-0.4, -0.2) is 35.4 Å². The van der Waals surface area contributed by atoms with Gasteiger partial charge in [0.2, 0.25) is 5.91 Å². The molecule has 0 aliphatic carbocycles. The van der Waals surface area contributed by atoms with Crippen molar-refractivity contribution in [1.29, 1.82) is 0 Å². The third-order valence-corrected chi connectivity index (χ3v) is 2.99. The summed E-state index contributed by atoms with van der Waals surface area (Å²) in [7, 11) is 0. The smallest absolute Gasteiger partial charge is 0.222 e. The fraction of sp³-hybridized carbons (Fsp3) is 0.500. The minimum absolute atomic E-state index is 0.228. The van der Waals surface area contributed by atoms with Crippen LogP contribution in [0.4, 0.5) is 0 Å². The fourth-order valence-corrected chi connectivity index (χ4v) is 2.02.